The minimum Gasteiger partial charge on any atom is -0.319 e. The van der Waals surface area contributed by atoms with Crippen molar-refractivity contribution < 1.29 is 19.2 Å². The van der Waals surface area contributed by atoms with Gasteiger partial charge in [0.1, 0.15) is 0 Å². The van der Waals surface area contributed by atoms with E-state index in [4.69, 9.17) is 0 Å². The predicted molar refractivity (Wildman–Crippen MR) is 75.6 cm³/mol. The Hall–Kier alpha value is -2.12. The normalized spacial score (nSPS) is 41.5. The van der Waals surface area contributed by atoms with E-state index in [0.29, 0.717) is 0 Å². The summed E-state index contributed by atoms with van der Waals surface area (Å²) in [5.41, 5.74) is -1.81. The smallest absolute Gasteiger partial charge is 0.319 e. The molecule has 3 fully saturated rings. The average Bonchev–Trinajstić information content (AvgIpc) is 2.50. The van der Waals surface area contributed by atoms with E-state index in [1.807, 2.05) is 0 Å². The van der Waals surface area contributed by atoms with Gasteiger partial charge in [0.2, 0.25) is 11.8 Å². The molecule has 22 heavy (non-hydrogen) atoms. The average molecular weight is 308 g/mol. The highest BCUT2D eigenvalue weighted by Crippen LogP contribution is 2.61. The first-order valence-corrected chi connectivity index (χ1v) is 7.13. The second-order valence-corrected chi connectivity index (χ2v) is 6.73. The van der Waals surface area contributed by atoms with Gasteiger partial charge in [0.25, 0.3) is 0 Å². The third kappa shape index (κ3) is 1.14. The van der Waals surface area contributed by atoms with Crippen LogP contribution >= 0.6 is 0 Å². The van der Waals surface area contributed by atoms with E-state index < -0.39 is 35.0 Å². The van der Waals surface area contributed by atoms with Gasteiger partial charge < -0.3 is 9.80 Å². The minimum atomic E-state index is -0.903. The Morgan fingerprint density at radius 3 is 1.23 bits per heavy atom. The van der Waals surface area contributed by atoms with Crippen molar-refractivity contribution in [3.05, 3.63) is 0 Å². The number of imide groups is 2. The monoisotopic (exact) mass is 308 g/mol. The fourth-order valence-corrected chi connectivity index (χ4v) is 4.50. The Bertz CT molecular complexity index is 580. The van der Waals surface area contributed by atoms with Crippen molar-refractivity contribution >= 4 is 23.9 Å². The first-order chi connectivity index (χ1) is 10.0. The molecule has 0 radical (unpaired) electrons. The molecular weight excluding hydrogens is 288 g/mol. The summed E-state index contributed by atoms with van der Waals surface area (Å²) in [6.07, 6.45) is 0. The predicted octanol–water partition coefficient (Wildman–Crippen LogP) is -0.203. The SMILES string of the molecule is CN1C(=O)[C@@H]2[C@@H]3C(=O)N(C)C(=O)N(C)[C@]3(C)[C@]2(C)N(C)C1=O. The fourth-order valence-electron chi connectivity index (χ4n) is 4.50. The highest BCUT2D eigenvalue weighted by molar-refractivity contribution is 6.08. The van der Waals surface area contributed by atoms with E-state index in [1.165, 1.54) is 23.9 Å². The van der Waals surface area contributed by atoms with Crippen molar-refractivity contribution in [3.63, 3.8) is 0 Å². The highest BCUT2D eigenvalue weighted by atomic mass is 16.2. The molecule has 3 rings (SSSR count). The molecule has 0 aromatic heterocycles. The molecule has 1 aliphatic carbocycles. The van der Waals surface area contributed by atoms with Crippen LogP contribution in [-0.4, -0.2) is 82.7 Å². The second-order valence-electron chi connectivity index (χ2n) is 6.73. The summed E-state index contributed by atoms with van der Waals surface area (Å²) in [7, 11) is 6.06. The van der Waals surface area contributed by atoms with Crippen LogP contribution in [0.3, 0.4) is 0 Å². The van der Waals surface area contributed by atoms with Crippen LogP contribution in [0.25, 0.3) is 0 Å². The minimum absolute atomic E-state index is 0.363. The lowest BCUT2D eigenvalue weighted by Gasteiger charge is -2.73. The fraction of sp³-hybridized carbons (Fsp3) is 0.714. The van der Waals surface area contributed by atoms with Crippen molar-refractivity contribution in [2.75, 3.05) is 28.2 Å². The number of hydrogen-bond acceptors (Lipinski definition) is 4. The summed E-state index contributed by atoms with van der Waals surface area (Å²) < 4.78 is 0. The Morgan fingerprint density at radius 1 is 0.682 bits per heavy atom. The summed E-state index contributed by atoms with van der Waals surface area (Å²) in [5, 5.41) is 0. The van der Waals surface area contributed by atoms with Gasteiger partial charge in [0.15, 0.2) is 0 Å². The first-order valence-electron chi connectivity index (χ1n) is 7.13. The van der Waals surface area contributed by atoms with Crippen LogP contribution in [-0.2, 0) is 9.59 Å². The summed E-state index contributed by atoms with van der Waals surface area (Å²) in [6, 6.07) is -0.841. The number of hydrogen-bond donors (Lipinski definition) is 0. The molecule has 4 atom stereocenters. The molecule has 2 aliphatic heterocycles. The summed E-state index contributed by atoms with van der Waals surface area (Å²) >= 11 is 0. The standard InChI is InChI=1S/C14H20N4O4/c1-13-7(9(19)15(3)11(21)17(13)5)8-10(20)16(4)12(22)18(6)14(8,13)2/h7-8H,1-6H3/t7-,8+,13+,14-. The largest absolute Gasteiger partial charge is 0.326 e. The lowest BCUT2D eigenvalue weighted by Crippen LogP contribution is -2.92. The van der Waals surface area contributed by atoms with Crippen molar-refractivity contribution in [2.24, 2.45) is 11.8 Å². The number of carbonyl (C=O) groups excluding carboxylic acids is 4. The lowest BCUT2D eigenvalue weighted by atomic mass is 9.44. The van der Waals surface area contributed by atoms with E-state index >= 15 is 0 Å². The van der Waals surface area contributed by atoms with E-state index in [1.54, 1.807) is 27.9 Å². The third-order valence-corrected chi connectivity index (χ3v) is 6.30. The van der Waals surface area contributed by atoms with Gasteiger partial charge in [0, 0.05) is 28.2 Å². The molecule has 0 spiro atoms. The maximum atomic E-state index is 12.6. The van der Waals surface area contributed by atoms with Crippen molar-refractivity contribution in [1.29, 1.82) is 0 Å². The van der Waals surface area contributed by atoms with E-state index in [0.717, 1.165) is 9.80 Å². The molecule has 8 nitrogen and oxygen atoms in total. The number of fused-ring (bicyclic) bond motifs is 4. The molecule has 6 amide bonds. The highest BCUT2D eigenvalue weighted by Gasteiger charge is 2.80. The van der Waals surface area contributed by atoms with Crippen molar-refractivity contribution in [1.82, 2.24) is 19.6 Å². The Balaban J connectivity index is 2.19. The number of urea groups is 2. The molecule has 0 unspecified atom stereocenters. The van der Waals surface area contributed by atoms with Gasteiger partial charge in [-0.3, -0.25) is 19.4 Å². The summed E-state index contributed by atoms with van der Waals surface area (Å²) in [6.45, 7) is 3.55. The number of likely N-dealkylation sites (N-methyl/N-ethyl adjacent to an activating group) is 2. The van der Waals surface area contributed by atoms with Gasteiger partial charge in [-0.15, -0.1) is 0 Å². The maximum Gasteiger partial charge on any atom is 0.326 e. The molecular formula is C14H20N4O4. The quantitative estimate of drug-likeness (QED) is 0.620. The van der Waals surface area contributed by atoms with Crippen molar-refractivity contribution in [2.45, 2.75) is 24.9 Å². The van der Waals surface area contributed by atoms with Crippen LogP contribution in [0.5, 0.6) is 0 Å². The summed E-state index contributed by atoms with van der Waals surface area (Å²) in [5.74, 6) is -2.01. The maximum absolute atomic E-state index is 12.6. The zero-order chi connectivity index (χ0) is 16.8. The number of amides is 6. The number of rotatable bonds is 0. The van der Waals surface area contributed by atoms with Gasteiger partial charge in [-0.25, -0.2) is 9.59 Å². The van der Waals surface area contributed by atoms with Gasteiger partial charge in [0.05, 0.1) is 22.9 Å². The van der Waals surface area contributed by atoms with Crippen LogP contribution < -0.4 is 0 Å². The van der Waals surface area contributed by atoms with Gasteiger partial charge >= 0.3 is 12.1 Å². The Kier molecular flexibility index (Phi) is 2.55. The van der Waals surface area contributed by atoms with Crippen LogP contribution in [0.2, 0.25) is 0 Å². The molecule has 0 aromatic carbocycles. The van der Waals surface area contributed by atoms with Crippen LogP contribution in [0, 0.1) is 11.8 Å². The van der Waals surface area contributed by atoms with E-state index in [2.05, 4.69) is 0 Å². The number of carbonyl (C=O) groups is 4. The zero-order valence-corrected chi connectivity index (χ0v) is 13.6. The van der Waals surface area contributed by atoms with Gasteiger partial charge in [-0.1, -0.05) is 0 Å². The molecule has 120 valence electrons. The molecule has 0 bridgehead atoms. The molecule has 8 heteroatoms. The van der Waals surface area contributed by atoms with Crippen LogP contribution in [0.1, 0.15) is 13.8 Å². The lowest BCUT2D eigenvalue weighted by molar-refractivity contribution is -0.221. The molecule has 0 N–H and O–H groups in total. The number of nitrogens with zero attached hydrogens (tertiary/aromatic N) is 4. The first kappa shape index (κ1) is 14.8. The van der Waals surface area contributed by atoms with Gasteiger partial charge in [-0.05, 0) is 13.8 Å². The van der Waals surface area contributed by atoms with Gasteiger partial charge in [-0.2, -0.15) is 0 Å². The molecule has 1 saturated carbocycles. The van der Waals surface area contributed by atoms with Crippen molar-refractivity contribution in [3.8, 4) is 0 Å². The van der Waals surface area contributed by atoms with E-state index in [-0.39, 0.29) is 11.8 Å². The van der Waals surface area contributed by atoms with E-state index in [9.17, 15) is 19.2 Å². The zero-order valence-electron chi connectivity index (χ0n) is 13.6. The molecule has 2 saturated heterocycles. The Morgan fingerprint density at radius 2 is 0.955 bits per heavy atom. The topological polar surface area (TPSA) is 81.2 Å². The molecule has 0 aromatic rings. The molecule has 2 heterocycles. The molecule has 3 aliphatic rings. The summed E-state index contributed by atoms with van der Waals surface area (Å²) in [4.78, 5) is 54.9. The Labute approximate surface area is 128 Å². The van der Waals surface area contributed by atoms with Crippen LogP contribution in [0.4, 0.5) is 9.59 Å². The second kappa shape index (κ2) is 3.80. The third-order valence-electron chi connectivity index (χ3n) is 6.30. The van der Waals surface area contributed by atoms with Crippen LogP contribution in [0.15, 0.2) is 0 Å².